The number of aromatic nitrogens is 1. The number of amides is 1. The molecule has 5 nitrogen and oxygen atoms in total. The molecular formula is C18H15F3N2O3. The molecule has 136 valence electrons. The van der Waals surface area contributed by atoms with E-state index in [0.29, 0.717) is 12.3 Å². The Morgan fingerprint density at radius 2 is 1.96 bits per heavy atom. The molecule has 26 heavy (non-hydrogen) atoms. The van der Waals surface area contributed by atoms with Gasteiger partial charge >= 0.3 is 12.3 Å². The molecule has 0 saturated heterocycles. The van der Waals surface area contributed by atoms with E-state index in [2.05, 4.69) is 17.2 Å². The number of alkyl halides is 3. The van der Waals surface area contributed by atoms with Crippen LogP contribution in [0.1, 0.15) is 23.1 Å². The van der Waals surface area contributed by atoms with Crippen LogP contribution in [-0.2, 0) is 17.5 Å². The number of ether oxygens (including phenoxy) is 1. The summed E-state index contributed by atoms with van der Waals surface area (Å²) in [6, 6.07) is 9.80. The first kappa shape index (κ1) is 19.1. The van der Waals surface area contributed by atoms with Crippen LogP contribution in [0.15, 0.2) is 47.4 Å². The number of H-pyrrole nitrogens is 1. The van der Waals surface area contributed by atoms with Gasteiger partial charge in [-0.1, -0.05) is 42.2 Å². The van der Waals surface area contributed by atoms with E-state index in [1.54, 1.807) is 0 Å². The van der Waals surface area contributed by atoms with Gasteiger partial charge in [-0.2, -0.15) is 13.2 Å². The highest BCUT2D eigenvalue weighted by Crippen LogP contribution is 2.28. The lowest BCUT2D eigenvalue weighted by Gasteiger charge is -2.06. The number of aromatic amines is 1. The first-order valence-corrected chi connectivity index (χ1v) is 7.59. The lowest BCUT2D eigenvalue weighted by atomic mass is 10.2. The summed E-state index contributed by atoms with van der Waals surface area (Å²) in [5, 5.41) is 2.46. The Hall–Kier alpha value is -3.21. The Morgan fingerprint density at radius 1 is 1.23 bits per heavy atom. The second kappa shape index (κ2) is 8.76. The van der Waals surface area contributed by atoms with Gasteiger partial charge in [0.1, 0.15) is 6.61 Å². The van der Waals surface area contributed by atoms with Crippen molar-refractivity contribution in [3.05, 3.63) is 69.6 Å². The number of alkyl carbamates (subject to hydrolysis) is 1. The summed E-state index contributed by atoms with van der Waals surface area (Å²) in [5.41, 5.74) is -1.14. The van der Waals surface area contributed by atoms with Crippen LogP contribution in [0.3, 0.4) is 0 Å². The van der Waals surface area contributed by atoms with Crippen LogP contribution in [0, 0.1) is 11.8 Å². The van der Waals surface area contributed by atoms with E-state index in [1.165, 1.54) is 0 Å². The number of hydrogen-bond acceptors (Lipinski definition) is 3. The molecule has 0 aliphatic carbocycles. The monoisotopic (exact) mass is 364 g/mol. The van der Waals surface area contributed by atoms with Crippen molar-refractivity contribution in [1.82, 2.24) is 10.3 Å². The Kier molecular flexibility index (Phi) is 6.44. The third-order valence-electron chi connectivity index (χ3n) is 3.19. The van der Waals surface area contributed by atoms with Crippen LogP contribution in [-0.4, -0.2) is 17.6 Å². The van der Waals surface area contributed by atoms with Crippen molar-refractivity contribution in [2.45, 2.75) is 19.2 Å². The predicted octanol–water partition coefficient (Wildman–Crippen LogP) is 3.06. The van der Waals surface area contributed by atoms with Crippen molar-refractivity contribution < 1.29 is 22.7 Å². The summed E-state index contributed by atoms with van der Waals surface area (Å²) in [6.07, 6.45) is -4.45. The molecule has 0 radical (unpaired) electrons. The molecule has 1 aromatic carbocycles. The minimum atomic E-state index is -4.56. The van der Waals surface area contributed by atoms with E-state index >= 15 is 0 Å². The molecule has 0 bridgehead atoms. The summed E-state index contributed by atoms with van der Waals surface area (Å²) in [6.45, 7) is 0.259. The van der Waals surface area contributed by atoms with E-state index < -0.39 is 23.4 Å². The lowest BCUT2D eigenvalue weighted by molar-refractivity contribution is -0.137. The van der Waals surface area contributed by atoms with Gasteiger partial charge in [0.15, 0.2) is 0 Å². The molecule has 0 fully saturated rings. The van der Waals surface area contributed by atoms with Crippen LogP contribution < -0.4 is 10.9 Å². The number of pyridine rings is 1. The summed E-state index contributed by atoms with van der Waals surface area (Å²) in [7, 11) is 0. The zero-order valence-corrected chi connectivity index (χ0v) is 13.5. The largest absolute Gasteiger partial charge is 0.445 e. The highest BCUT2D eigenvalue weighted by Gasteiger charge is 2.31. The van der Waals surface area contributed by atoms with Gasteiger partial charge in [-0.3, -0.25) is 4.79 Å². The summed E-state index contributed by atoms with van der Waals surface area (Å²) < 4.78 is 42.8. The van der Waals surface area contributed by atoms with Crippen LogP contribution >= 0.6 is 0 Å². The van der Waals surface area contributed by atoms with Gasteiger partial charge in [0, 0.05) is 19.2 Å². The SMILES string of the molecule is O=C(NCCC#Cc1cc(C(F)(F)F)c[nH]c1=O)OCc1ccccc1. The van der Waals surface area contributed by atoms with Gasteiger partial charge < -0.3 is 15.0 Å². The van der Waals surface area contributed by atoms with E-state index in [1.807, 2.05) is 35.3 Å². The third kappa shape index (κ3) is 6.02. The minimum absolute atomic E-state index is 0.123. The van der Waals surface area contributed by atoms with Gasteiger partial charge in [-0.25, -0.2) is 4.79 Å². The molecule has 0 unspecified atom stereocenters. The van der Waals surface area contributed by atoms with Crippen molar-refractivity contribution in [1.29, 1.82) is 0 Å². The lowest BCUT2D eigenvalue weighted by Crippen LogP contribution is -2.24. The molecule has 0 saturated carbocycles. The van der Waals surface area contributed by atoms with Crippen LogP contribution in [0.2, 0.25) is 0 Å². The normalized spacial score (nSPS) is 10.6. The molecule has 1 aromatic heterocycles. The van der Waals surface area contributed by atoms with Gasteiger partial charge in [-0.15, -0.1) is 0 Å². The van der Waals surface area contributed by atoms with Crippen molar-refractivity contribution in [2.24, 2.45) is 0 Å². The first-order chi connectivity index (χ1) is 12.4. The number of carbonyl (C=O) groups is 1. The maximum absolute atomic E-state index is 12.6. The number of nitrogens with one attached hydrogen (secondary N) is 2. The first-order valence-electron chi connectivity index (χ1n) is 7.59. The van der Waals surface area contributed by atoms with Gasteiger partial charge in [0.25, 0.3) is 5.56 Å². The average Bonchev–Trinajstić information content (AvgIpc) is 2.61. The maximum atomic E-state index is 12.6. The van der Waals surface area contributed by atoms with E-state index in [4.69, 9.17) is 4.74 Å². The molecular weight excluding hydrogens is 349 g/mol. The van der Waals surface area contributed by atoms with Crippen molar-refractivity contribution in [3.63, 3.8) is 0 Å². The summed E-state index contributed by atoms with van der Waals surface area (Å²) >= 11 is 0. The number of halogens is 3. The third-order valence-corrected chi connectivity index (χ3v) is 3.19. The van der Waals surface area contributed by atoms with Gasteiger partial charge in [0.2, 0.25) is 0 Å². The average molecular weight is 364 g/mol. The zero-order chi connectivity index (χ0) is 19.0. The molecule has 1 amide bonds. The number of benzene rings is 1. The van der Waals surface area contributed by atoms with Gasteiger partial charge in [0.05, 0.1) is 11.1 Å². The molecule has 2 N–H and O–H groups in total. The van der Waals surface area contributed by atoms with Crippen molar-refractivity contribution >= 4 is 6.09 Å². The molecule has 2 aromatic rings. The molecule has 8 heteroatoms. The predicted molar refractivity (Wildman–Crippen MR) is 88.2 cm³/mol. The van der Waals surface area contributed by atoms with E-state index in [9.17, 15) is 22.8 Å². The molecule has 1 heterocycles. The highest BCUT2D eigenvalue weighted by atomic mass is 19.4. The van der Waals surface area contributed by atoms with Crippen LogP contribution in [0.4, 0.5) is 18.0 Å². The summed E-state index contributed by atoms with van der Waals surface area (Å²) in [5.74, 6) is 4.91. The second-order valence-electron chi connectivity index (χ2n) is 5.17. The molecule has 0 aliphatic rings. The maximum Gasteiger partial charge on any atom is 0.417 e. The van der Waals surface area contributed by atoms with Crippen LogP contribution in [0.5, 0.6) is 0 Å². The van der Waals surface area contributed by atoms with Crippen molar-refractivity contribution in [3.8, 4) is 11.8 Å². The van der Waals surface area contributed by atoms with Gasteiger partial charge in [-0.05, 0) is 11.6 Å². The van der Waals surface area contributed by atoms with E-state index in [-0.39, 0.29) is 25.1 Å². The highest BCUT2D eigenvalue weighted by molar-refractivity contribution is 5.67. The molecule has 2 rings (SSSR count). The summed E-state index contributed by atoms with van der Waals surface area (Å²) in [4.78, 5) is 25.0. The van der Waals surface area contributed by atoms with Crippen molar-refractivity contribution in [2.75, 3.05) is 6.54 Å². The fourth-order valence-electron chi connectivity index (χ4n) is 1.90. The molecule has 0 aliphatic heterocycles. The Bertz CT molecular complexity index is 865. The zero-order valence-electron chi connectivity index (χ0n) is 13.5. The number of rotatable bonds is 4. The number of carbonyl (C=O) groups excluding carboxylic acids is 1. The Balaban J connectivity index is 1.80. The standard InChI is InChI=1S/C18H15F3N2O3/c19-18(20,21)15-10-14(16(24)23-11-15)8-4-5-9-22-17(25)26-12-13-6-2-1-3-7-13/h1-3,6-7,10-11H,5,9,12H2,(H,22,25)(H,23,24). The smallest absolute Gasteiger partial charge is 0.417 e. The Labute approximate surface area is 147 Å². The second-order valence-corrected chi connectivity index (χ2v) is 5.17. The fourth-order valence-corrected chi connectivity index (χ4v) is 1.90. The Morgan fingerprint density at radius 3 is 2.65 bits per heavy atom. The quantitative estimate of drug-likeness (QED) is 0.647. The fraction of sp³-hybridized carbons (Fsp3) is 0.222. The number of hydrogen-bond donors (Lipinski definition) is 2. The van der Waals surface area contributed by atoms with Crippen LogP contribution in [0.25, 0.3) is 0 Å². The molecule has 0 spiro atoms. The van der Waals surface area contributed by atoms with E-state index in [0.717, 1.165) is 5.56 Å². The molecule has 0 atom stereocenters. The topological polar surface area (TPSA) is 71.2 Å². The minimum Gasteiger partial charge on any atom is -0.445 e.